The first-order valence-corrected chi connectivity index (χ1v) is 7.14. The lowest BCUT2D eigenvalue weighted by Gasteiger charge is -2.36. The minimum atomic E-state index is 0.455. The topological polar surface area (TPSA) is 29.3 Å². The summed E-state index contributed by atoms with van der Waals surface area (Å²) in [6.07, 6.45) is 5.94. The molecule has 1 aliphatic rings. The van der Waals surface area contributed by atoms with Crippen molar-refractivity contribution in [3.63, 3.8) is 0 Å². The molecule has 1 aliphatic heterocycles. The minimum absolute atomic E-state index is 0.455. The van der Waals surface area contributed by atoms with Crippen LogP contribution >= 0.6 is 11.8 Å². The van der Waals surface area contributed by atoms with E-state index in [-0.39, 0.29) is 0 Å². The lowest BCUT2D eigenvalue weighted by molar-refractivity contribution is 0.152. The molecule has 0 saturated carbocycles. The molecule has 1 saturated heterocycles. The average Bonchev–Trinajstić information content (AvgIpc) is 2.21. The molecule has 0 radical (unpaired) electrons. The van der Waals surface area contributed by atoms with E-state index >= 15 is 0 Å². The Morgan fingerprint density at radius 3 is 2.93 bits per heavy atom. The summed E-state index contributed by atoms with van der Waals surface area (Å²) in [5, 5.41) is 0. The van der Waals surface area contributed by atoms with Crippen molar-refractivity contribution >= 4 is 11.8 Å². The van der Waals surface area contributed by atoms with E-state index in [1.165, 1.54) is 44.6 Å². The monoisotopic (exact) mass is 216 g/mol. The number of likely N-dealkylation sites (tertiary alicyclic amines) is 1. The largest absolute Gasteiger partial charge is 0.327 e. The van der Waals surface area contributed by atoms with Crippen LogP contribution in [0.1, 0.15) is 26.2 Å². The fourth-order valence-corrected chi connectivity index (χ4v) is 2.61. The van der Waals surface area contributed by atoms with Gasteiger partial charge in [-0.2, -0.15) is 11.8 Å². The van der Waals surface area contributed by atoms with Crippen LogP contribution in [0.4, 0.5) is 0 Å². The van der Waals surface area contributed by atoms with E-state index in [4.69, 9.17) is 5.73 Å². The van der Waals surface area contributed by atoms with Gasteiger partial charge in [0.2, 0.25) is 0 Å². The molecule has 2 nitrogen and oxygen atoms in total. The van der Waals surface area contributed by atoms with Crippen LogP contribution in [0.5, 0.6) is 0 Å². The maximum Gasteiger partial charge on any atom is 0.00914 e. The molecular formula is C11H24N2S. The molecule has 14 heavy (non-hydrogen) atoms. The lowest BCUT2D eigenvalue weighted by Crippen LogP contribution is -2.47. The van der Waals surface area contributed by atoms with E-state index < -0.39 is 0 Å². The van der Waals surface area contributed by atoms with Crippen LogP contribution in [0.15, 0.2) is 0 Å². The van der Waals surface area contributed by atoms with Crippen LogP contribution in [-0.2, 0) is 0 Å². The molecule has 0 aromatic carbocycles. The molecule has 2 N–H and O–H groups in total. The summed E-state index contributed by atoms with van der Waals surface area (Å²) < 4.78 is 0. The van der Waals surface area contributed by atoms with Gasteiger partial charge in [-0.15, -0.1) is 0 Å². The second kappa shape index (κ2) is 6.70. The molecule has 0 aromatic rings. The third-order valence-electron chi connectivity index (χ3n) is 3.22. The number of nitrogens with zero attached hydrogens (tertiary/aromatic N) is 1. The summed E-state index contributed by atoms with van der Waals surface area (Å²) in [4.78, 5) is 2.59. The average molecular weight is 216 g/mol. The van der Waals surface area contributed by atoms with Crippen LogP contribution in [0.2, 0.25) is 0 Å². The maximum absolute atomic E-state index is 6.08. The third kappa shape index (κ3) is 3.79. The second-order valence-corrected chi connectivity index (χ2v) is 5.25. The highest BCUT2D eigenvalue weighted by molar-refractivity contribution is 7.98. The zero-order valence-corrected chi connectivity index (χ0v) is 10.4. The van der Waals surface area contributed by atoms with Gasteiger partial charge in [0, 0.05) is 12.6 Å². The Hall–Kier alpha value is 0.270. The first-order chi connectivity index (χ1) is 6.77. The summed E-state index contributed by atoms with van der Waals surface area (Å²) >= 11 is 1.95. The second-order valence-electron chi connectivity index (χ2n) is 4.27. The first kappa shape index (κ1) is 12.3. The molecule has 0 bridgehead atoms. The molecule has 0 amide bonds. The Bertz CT molecular complexity index is 152. The number of piperidine rings is 1. The Balaban J connectivity index is 2.21. The van der Waals surface area contributed by atoms with E-state index in [0.717, 1.165) is 5.92 Å². The molecule has 0 spiro atoms. The molecule has 2 unspecified atom stereocenters. The first-order valence-electron chi connectivity index (χ1n) is 5.74. The van der Waals surface area contributed by atoms with Crippen molar-refractivity contribution in [2.45, 2.75) is 32.2 Å². The van der Waals surface area contributed by atoms with Crippen molar-refractivity contribution < 1.29 is 0 Å². The summed E-state index contributed by atoms with van der Waals surface area (Å²) in [5.74, 6) is 2.03. The number of hydrogen-bond acceptors (Lipinski definition) is 3. The summed E-state index contributed by atoms with van der Waals surface area (Å²) in [6, 6.07) is 0.455. The number of hydrogen-bond donors (Lipinski definition) is 1. The highest BCUT2D eigenvalue weighted by Crippen LogP contribution is 2.18. The van der Waals surface area contributed by atoms with Crippen LogP contribution in [-0.4, -0.2) is 42.6 Å². The number of rotatable bonds is 5. The van der Waals surface area contributed by atoms with Gasteiger partial charge in [0.1, 0.15) is 0 Å². The molecular weight excluding hydrogens is 192 g/mol. The van der Waals surface area contributed by atoms with Crippen LogP contribution in [0.3, 0.4) is 0 Å². The third-order valence-corrected chi connectivity index (χ3v) is 3.92. The number of thioether (sulfide) groups is 1. The van der Waals surface area contributed by atoms with Gasteiger partial charge in [0.05, 0.1) is 0 Å². The summed E-state index contributed by atoms with van der Waals surface area (Å²) in [6.45, 7) is 5.97. The van der Waals surface area contributed by atoms with Crippen molar-refractivity contribution in [2.75, 3.05) is 31.6 Å². The normalized spacial score (nSPS) is 29.4. The van der Waals surface area contributed by atoms with Crippen molar-refractivity contribution in [1.82, 2.24) is 4.90 Å². The lowest BCUT2D eigenvalue weighted by atomic mass is 9.91. The highest BCUT2D eigenvalue weighted by atomic mass is 32.2. The van der Waals surface area contributed by atoms with E-state index in [9.17, 15) is 0 Å². The maximum atomic E-state index is 6.08. The SMILES string of the molecule is CCC1CN(CCCSC)CCC1N. The van der Waals surface area contributed by atoms with Gasteiger partial charge in [0.25, 0.3) is 0 Å². The Morgan fingerprint density at radius 1 is 1.50 bits per heavy atom. The molecule has 1 rings (SSSR count). The molecule has 3 heteroatoms. The zero-order chi connectivity index (χ0) is 10.4. The highest BCUT2D eigenvalue weighted by Gasteiger charge is 2.24. The van der Waals surface area contributed by atoms with Gasteiger partial charge in [-0.1, -0.05) is 13.3 Å². The molecule has 1 fully saturated rings. The van der Waals surface area contributed by atoms with E-state index in [1.807, 2.05) is 11.8 Å². The van der Waals surface area contributed by atoms with Crippen molar-refractivity contribution in [2.24, 2.45) is 11.7 Å². The predicted molar refractivity (Wildman–Crippen MR) is 65.8 cm³/mol. The summed E-state index contributed by atoms with van der Waals surface area (Å²) in [7, 11) is 0. The zero-order valence-electron chi connectivity index (χ0n) is 9.54. The predicted octanol–water partition coefficient (Wildman–Crippen LogP) is 1.80. The quantitative estimate of drug-likeness (QED) is 0.711. The fourth-order valence-electron chi connectivity index (χ4n) is 2.19. The standard InChI is InChI=1S/C11H24N2S/c1-3-10-9-13(6-4-8-14-2)7-5-11(10)12/h10-11H,3-9,12H2,1-2H3. The van der Waals surface area contributed by atoms with Gasteiger partial charge in [-0.05, 0) is 43.9 Å². The van der Waals surface area contributed by atoms with Crippen molar-refractivity contribution in [3.05, 3.63) is 0 Å². The van der Waals surface area contributed by atoms with E-state index in [1.54, 1.807) is 0 Å². The number of nitrogens with two attached hydrogens (primary N) is 1. The summed E-state index contributed by atoms with van der Waals surface area (Å²) in [5.41, 5.74) is 6.08. The smallest absolute Gasteiger partial charge is 0.00914 e. The Labute approximate surface area is 92.6 Å². The molecule has 0 aromatic heterocycles. The van der Waals surface area contributed by atoms with Crippen molar-refractivity contribution in [1.29, 1.82) is 0 Å². The van der Waals surface area contributed by atoms with Gasteiger partial charge in [-0.25, -0.2) is 0 Å². The van der Waals surface area contributed by atoms with Crippen molar-refractivity contribution in [3.8, 4) is 0 Å². The Kier molecular flexibility index (Phi) is 5.90. The van der Waals surface area contributed by atoms with Gasteiger partial charge in [-0.3, -0.25) is 0 Å². The molecule has 1 heterocycles. The van der Waals surface area contributed by atoms with Crippen LogP contribution in [0.25, 0.3) is 0 Å². The van der Waals surface area contributed by atoms with Gasteiger partial charge >= 0.3 is 0 Å². The van der Waals surface area contributed by atoms with E-state index in [0.29, 0.717) is 6.04 Å². The molecule has 84 valence electrons. The van der Waals surface area contributed by atoms with Gasteiger partial charge < -0.3 is 10.6 Å². The fraction of sp³-hybridized carbons (Fsp3) is 1.00. The molecule has 2 atom stereocenters. The molecule has 0 aliphatic carbocycles. The van der Waals surface area contributed by atoms with Crippen LogP contribution < -0.4 is 5.73 Å². The van der Waals surface area contributed by atoms with E-state index in [2.05, 4.69) is 18.1 Å². The van der Waals surface area contributed by atoms with Gasteiger partial charge in [0.15, 0.2) is 0 Å². The Morgan fingerprint density at radius 2 is 2.29 bits per heavy atom. The van der Waals surface area contributed by atoms with Crippen LogP contribution in [0, 0.1) is 5.92 Å². The minimum Gasteiger partial charge on any atom is -0.327 e.